The third kappa shape index (κ3) is 3.87. The van der Waals surface area contributed by atoms with Gasteiger partial charge in [-0.15, -0.1) is 11.3 Å². The van der Waals surface area contributed by atoms with Crippen molar-refractivity contribution in [3.05, 3.63) is 57.3 Å². The van der Waals surface area contributed by atoms with Gasteiger partial charge in [0.15, 0.2) is 0 Å². The second-order valence-electron chi connectivity index (χ2n) is 6.89. The van der Waals surface area contributed by atoms with Crippen molar-refractivity contribution in [1.82, 2.24) is 10.6 Å². The largest absolute Gasteiger partial charge is 0.354 e. The van der Waals surface area contributed by atoms with Crippen LogP contribution in [0.5, 0.6) is 0 Å². The number of carbonyl (C=O) groups is 1. The zero-order valence-corrected chi connectivity index (χ0v) is 15.5. The first-order chi connectivity index (χ1) is 11.5. The predicted molar refractivity (Wildman–Crippen MR) is 101 cm³/mol. The Morgan fingerprint density at radius 3 is 2.54 bits per heavy atom. The number of hydrogen-bond donors (Lipinski definition) is 2. The minimum absolute atomic E-state index is 0.0775. The summed E-state index contributed by atoms with van der Waals surface area (Å²) >= 11 is 1.81. The van der Waals surface area contributed by atoms with Crippen LogP contribution in [0.2, 0.25) is 0 Å². The first-order valence-electron chi connectivity index (χ1n) is 8.63. The van der Waals surface area contributed by atoms with Gasteiger partial charge < -0.3 is 10.6 Å². The van der Waals surface area contributed by atoms with Crippen LogP contribution in [0.1, 0.15) is 46.7 Å². The zero-order chi connectivity index (χ0) is 17.2. The minimum Gasteiger partial charge on any atom is -0.354 e. The molecule has 0 aliphatic heterocycles. The topological polar surface area (TPSA) is 41.1 Å². The standard InChI is InChI=1S/C20H26N2OS/c1-14-11-18(16(3)24-14)15(2)21-12-19(23)22-13-20(9-10-20)17-7-5-4-6-8-17/h4-8,11,15,21H,9-10,12-13H2,1-3H3,(H,22,23). The number of amides is 1. The third-order valence-corrected chi connectivity index (χ3v) is 5.96. The van der Waals surface area contributed by atoms with E-state index in [0.29, 0.717) is 6.54 Å². The highest BCUT2D eigenvalue weighted by molar-refractivity contribution is 7.12. The molecular weight excluding hydrogens is 316 g/mol. The molecule has 1 atom stereocenters. The van der Waals surface area contributed by atoms with Gasteiger partial charge in [-0.05, 0) is 50.8 Å². The van der Waals surface area contributed by atoms with Gasteiger partial charge in [0.1, 0.15) is 0 Å². The molecule has 4 heteroatoms. The van der Waals surface area contributed by atoms with Crippen LogP contribution in [0, 0.1) is 13.8 Å². The lowest BCUT2D eigenvalue weighted by atomic mass is 9.96. The molecule has 128 valence electrons. The molecule has 1 amide bonds. The van der Waals surface area contributed by atoms with E-state index in [9.17, 15) is 4.79 Å². The van der Waals surface area contributed by atoms with E-state index < -0.39 is 0 Å². The minimum atomic E-state index is 0.0775. The van der Waals surface area contributed by atoms with E-state index in [1.807, 2.05) is 17.4 Å². The molecule has 1 aromatic carbocycles. The number of aryl methyl sites for hydroxylation is 2. The van der Waals surface area contributed by atoms with Gasteiger partial charge in [-0.25, -0.2) is 0 Å². The van der Waals surface area contributed by atoms with Crippen molar-refractivity contribution < 1.29 is 4.79 Å². The van der Waals surface area contributed by atoms with Gasteiger partial charge in [-0.2, -0.15) is 0 Å². The number of hydrogen-bond acceptors (Lipinski definition) is 3. The van der Waals surface area contributed by atoms with Gasteiger partial charge in [-0.3, -0.25) is 4.79 Å². The fourth-order valence-electron chi connectivity index (χ4n) is 3.28. The van der Waals surface area contributed by atoms with Crippen LogP contribution in [-0.2, 0) is 10.2 Å². The monoisotopic (exact) mass is 342 g/mol. The molecule has 2 N–H and O–H groups in total. The molecular formula is C20H26N2OS. The molecule has 0 bridgehead atoms. The number of nitrogens with one attached hydrogen (secondary N) is 2. The molecule has 24 heavy (non-hydrogen) atoms. The van der Waals surface area contributed by atoms with Crippen LogP contribution in [-0.4, -0.2) is 19.0 Å². The molecule has 1 aliphatic carbocycles. The average Bonchev–Trinajstić information content (AvgIpc) is 3.30. The fourth-order valence-corrected chi connectivity index (χ4v) is 4.30. The summed E-state index contributed by atoms with van der Waals surface area (Å²) in [6.07, 6.45) is 2.32. The van der Waals surface area contributed by atoms with Crippen molar-refractivity contribution in [3.63, 3.8) is 0 Å². The molecule has 3 nitrogen and oxygen atoms in total. The summed E-state index contributed by atoms with van der Waals surface area (Å²) < 4.78 is 0. The predicted octanol–water partition coefficient (Wildman–Crippen LogP) is 3.86. The van der Waals surface area contributed by atoms with Gasteiger partial charge in [-0.1, -0.05) is 30.3 Å². The van der Waals surface area contributed by atoms with Crippen molar-refractivity contribution in [1.29, 1.82) is 0 Å². The maximum Gasteiger partial charge on any atom is 0.234 e. The highest BCUT2D eigenvalue weighted by Gasteiger charge is 2.44. The second-order valence-corrected chi connectivity index (χ2v) is 8.35. The van der Waals surface area contributed by atoms with Crippen LogP contribution in [0.15, 0.2) is 36.4 Å². The molecule has 1 aromatic heterocycles. The summed E-state index contributed by atoms with van der Waals surface area (Å²) in [5.74, 6) is 0.0775. The van der Waals surface area contributed by atoms with E-state index in [2.05, 4.69) is 61.7 Å². The summed E-state index contributed by atoms with van der Waals surface area (Å²) in [6, 6.07) is 12.9. The number of carbonyl (C=O) groups excluding carboxylic acids is 1. The molecule has 1 aliphatic rings. The lowest BCUT2D eigenvalue weighted by Gasteiger charge is -2.18. The Bertz CT molecular complexity index is 704. The van der Waals surface area contributed by atoms with E-state index in [-0.39, 0.29) is 17.4 Å². The van der Waals surface area contributed by atoms with E-state index in [0.717, 1.165) is 19.4 Å². The Hall–Kier alpha value is -1.65. The lowest BCUT2D eigenvalue weighted by molar-refractivity contribution is -0.120. The summed E-state index contributed by atoms with van der Waals surface area (Å²) in [4.78, 5) is 14.9. The normalized spacial score (nSPS) is 16.6. The molecule has 1 heterocycles. The highest BCUT2D eigenvalue weighted by atomic mass is 32.1. The van der Waals surface area contributed by atoms with Crippen molar-refractivity contribution in [2.45, 2.75) is 45.1 Å². The first kappa shape index (κ1) is 17.2. The van der Waals surface area contributed by atoms with Crippen LogP contribution < -0.4 is 10.6 Å². The lowest BCUT2D eigenvalue weighted by Crippen LogP contribution is -2.39. The zero-order valence-electron chi connectivity index (χ0n) is 14.7. The van der Waals surface area contributed by atoms with Gasteiger partial charge in [0.05, 0.1) is 6.54 Å². The maximum atomic E-state index is 12.2. The summed E-state index contributed by atoms with van der Waals surface area (Å²) in [5, 5.41) is 6.46. The fraction of sp³-hybridized carbons (Fsp3) is 0.450. The van der Waals surface area contributed by atoms with Crippen LogP contribution in [0.3, 0.4) is 0 Å². The average molecular weight is 343 g/mol. The SMILES string of the molecule is Cc1cc(C(C)NCC(=O)NCC2(c3ccccc3)CC2)c(C)s1. The quantitative estimate of drug-likeness (QED) is 0.802. The van der Waals surface area contributed by atoms with Gasteiger partial charge in [0, 0.05) is 27.8 Å². The van der Waals surface area contributed by atoms with E-state index in [4.69, 9.17) is 0 Å². The van der Waals surface area contributed by atoms with Crippen LogP contribution in [0.4, 0.5) is 0 Å². The van der Waals surface area contributed by atoms with Crippen molar-refractivity contribution in [3.8, 4) is 0 Å². The van der Waals surface area contributed by atoms with Crippen LogP contribution >= 0.6 is 11.3 Å². The van der Waals surface area contributed by atoms with E-state index in [1.165, 1.54) is 20.9 Å². The molecule has 0 saturated heterocycles. The van der Waals surface area contributed by atoms with Crippen molar-refractivity contribution in [2.24, 2.45) is 0 Å². The molecule has 1 fully saturated rings. The smallest absolute Gasteiger partial charge is 0.234 e. The summed E-state index contributed by atoms with van der Waals surface area (Å²) in [7, 11) is 0. The summed E-state index contributed by atoms with van der Waals surface area (Å²) in [6.45, 7) is 7.48. The Morgan fingerprint density at radius 2 is 1.96 bits per heavy atom. The molecule has 0 spiro atoms. The molecule has 0 radical (unpaired) electrons. The Balaban J connectivity index is 1.47. The Labute approximate surface area is 148 Å². The van der Waals surface area contributed by atoms with Crippen LogP contribution in [0.25, 0.3) is 0 Å². The summed E-state index contributed by atoms with van der Waals surface area (Å²) in [5.41, 5.74) is 2.81. The number of rotatable bonds is 7. The molecule has 1 saturated carbocycles. The Morgan fingerprint density at radius 1 is 1.25 bits per heavy atom. The molecule has 2 aromatic rings. The van der Waals surface area contributed by atoms with Gasteiger partial charge in [0.2, 0.25) is 5.91 Å². The van der Waals surface area contributed by atoms with Crippen molar-refractivity contribution in [2.75, 3.05) is 13.1 Å². The van der Waals surface area contributed by atoms with E-state index >= 15 is 0 Å². The first-order valence-corrected chi connectivity index (χ1v) is 9.44. The van der Waals surface area contributed by atoms with E-state index in [1.54, 1.807) is 0 Å². The molecule has 1 unspecified atom stereocenters. The highest BCUT2D eigenvalue weighted by Crippen LogP contribution is 2.47. The second kappa shape index (κ2) is 7.08. The molecule has 3 rings (SSSR count). The Kier molecular flexibility index (Phi) is 5.07. The van der Waals surface area contributed by atoms with Crippen molar-refractivity contribution >= 4 is 17.2 Å². The van der Waals surface area contributed by atoms with Gasteiger partial charge in [0.25, 0.3) is 0 Å². The number of benzene rings is 1. The third-order valence-electron chi connectivity index (χ3n) is 4.98. The maximum absolute atomic E-state index is 12.2. The number of thiophene rings is 1. The van der Waals surface area contributed by atoms with Gasteiger partial charge >= 0.3 is 0 Å².